The second kappa shape index (κ2) is 5.82. The van der Waals surface area contributed by atoms with Crippen molar-refractivity contribution < 1.29 is 5.32 Å². The van der Waals surface area contributed by atoms with Gasteiger partial charge in [-0.25, -0.2) is 0 Å². The SMILES string of the molecule is [CH2-][NH2+][C@@]12CC[C@H](C)C3=C(C=C(C)C)C[C@H](C)[C@@H](CC[C@@H]1C)[C@@H]32. The molecule has 6 atom stereocenters. The average Bonchev–Trinajstić information content (AvgIpc) is 2.46. The van der Waals surface area contributed by atoms with Crippen LogP contribution in [0.3, 0.4) is 0 Å². The molecule has 3 rings (SSSR count). The summed E-state index contributed by atoms with van der Waals surface area (Å²) in [6.45, 7) is 12.0. The van der Waals surface area contributed by atoms with Gasteiger partial charge in [-0.3, -0.25) is 0 Å². The van der Waals surface area contributed by atoms with E-state index in [1.54, 1.807) is 5.57 Å². The van der Waals surface area contributed by atoms with Crippen LogP contribution in [0.15, 0.2) is 22.8 Å². The highest BCUT2D eigenvalue weighted by atomic mass is 15.0. The van der Waals surface area contributed by atoms with Crippen LogP contribution in [-0.4, -0.2) is 5.54 Å². The third-order valence-electron chi connectivity index (χ3n) is 7.22. The molecular weight excluding hydrogens is 266 g/mol. The van der Waals surface area contributed by atoms with Crippen molar-refractivity contribution in [1.82, 2.24) is 0 Å². The lowest BCUT2D eigenvalue weighted by Crippen LogP contribution is -2.97. The molecule has 0 radical (unpaired) electrons. The minimum Gasteiger partial charge on any atom is -0.473 e. The molecule has 0 heterocycles. The van der Waals surface area contributed by atoms with Gasteiger partial charge in [-0.05, 0) is 62.9 Å². The van der Waals surface area contributed by atoms with Crippen molar-refractivity contribution >= 4 is 0 Å². The standard InChI is InChI=1S/C21H35N/c1-13(2)11-17-12-15(4)18-8-7-16(5)21(22-6)10-9-14(3)19(17)20(18)21/h11,14-16,18,20H,6-10,12,22H2,1-5H3/t14-,15-,16-,18+,20-,21-/m0/s1. The van der Waals surface area contributed by atoms with Gasteiger partial charge in [0.15, 0.2) is 0 Å². The normalized spacial score (nSPS) is 44.5. The highest BCUT2D eigenvalue weighted by molar-refractivity contribution is 5.38. The Morgan fingerprint density at radius 2 is 1.91 bits per heavy atom. The van der Waals surface area contributed by atoms with Crippen molar-refractivity contribution in [3.8, 4) is 0 Å². The second-order valence-corrected chi connectivity index (χ2v) is 8.76. The van der Waals surface area contributed by atoms with Crippen LogP contribution >= 0.6 is 0 Å². The summed E-state index contributed by atoms with van der Waals surface area (Å²) in [5.41, 5.74) is 5.34. The lowest BCUT2D eigenvalue weighted by Gasteiger charge is -2.59. The summed E-state index contributed by atoms with van der Waals surface area (Å²) in [7, 11) is 4.34. The van der Waals surface area contributed by atoms with E-state index < -0.39 is 0 Å². The zero-order valence-electron chi connectivity index (χ0n) is 15.3. The fraction of sp³-hybridized carbons (Fsp3) is 0.762. The summed E-state index contributed by atoms with van der Waals surface area (Å²) < 4.78 is 0. The minimum absolute atomic E-state index is 0.375. The fourth-order valence-electron chi connectivity index (χ4n) is 6.10. The number of nitrogens with two attached hydrogens (primary N) is 1. The first-order valence-electron chi connectivity index (χ1n) is 9.42. The maximum atomic E-state index is 4.34. The average molecular weight is 302 g/mol. The van der Waals surface area contributed by atoms with Crippen molar-refractivity contribution in [3.63, 3.8) is 0 Å². The van der Waals surface area contributed by atoms with Crippen LogP contribution in [0.2, 0.25) is 0 Å². The van der Waals surface area contributed by atoms with Gasteiger partial charge in [-0.15, -0.1) is 0 Å². The monoisotopic (exact) mass is 301 g/mol. The molecule has 0 bridgehead atoms. The zero-order valence-corrected chi connectivity index (χ0v) is 15.3. The molecule has 1 heteroatoms. The first kappa shape index (κ1) is 16.3. The molecule has 3 aliphatic rings. The summed E-state index contributed by atoms with van der Waals surface area (Å²) >= 11 is 0. The van der Waals surface area contributed by atoms with E-state index in [0.29, 0.717) is 5.54 Å². The van der Waals surface area contributed by atoms with Gasteiger partial charge in [0.2, 0.25) is 0 Å². The van der Waals surface area contributed by atoms with E-state index in [2.05, 4.69) is 53.1 Å². The Hall–Kier alpha value is -0.560. The summed E-state index contributed by atoms with van der Waals surface area (Å²) in [5, 5.41) is 2.37. The molecular formula is C21H35N. The summed E-state index contributed by atoms with van der Waals surface area (Å²) in [6.07, 6.45) is 9.34. The topological polar surface area (TPSA) is 16.6 Å². The van der Waals surface area contributed by atoms with E-state index in [0.717, 1.165) is 29.6 Å². The maximum Gasteiger partial charge on any atom is 0.0818 e. The molecule has 3 aliphatic carbocycles. The largest absolute Gasteiger partial charge is 0.473 e. The molecule has 2 fully saturated rings. The van der Waals surface area contributed by atoms with Crippen LogP contribution in [-0.2, 0) is 0 Å². The molecule has 0 aliphatic heterocycles. The Morgan fingerprint density at radius 1 is 1.18 bits per heavy atom. The minimum atomic E-state index is 0.375. The van der Waals surface area contributed by atoms with Crippen LogP contribution < -0.4 is 5.32 Å². The third kappa shape index (κ3) is 2.31. The molecule has 0 spiro atoms. The Bertz CT molecular complexity index is 496. The second-order valence-electron chi connectivity index (χ2n) is 8.76. The van der Waals surface area contributed by atoms with E-state index in [1.807, 2.05) is 5.57 Å². The van der Waals surface area contributed by atoms with Gasteiger partial charge in [-0.1, -0.05) is 38.0 Å². The van der Waals surface area contributed by atoms with E-state index in [1.165, 1.54) is 37.7 Å². The third-order valence-corrected chi connectivity index (χ3v) is 7.22. The van der Waals surface area contributed by atoms with Gasteiger partial charge in [0.05, 0.1) is 5.54 Å². The van der Waals surface area contributed by atoms with Crippen LogP contribution in [0.25, 0.3) is 0 Å². The molecule has 2 saturated carbocycles. The maximum absolute atomic E-state index is 4.34. The quantitative estimate of drug-likeness (QED) is 0.724. The molecule has 0 aromatic rings. The Balaban J connectivity index is 2.16. The number of hydrogen-bond acceptors (Lipinski definition) is 0. The van der Waals surface area contributed by atoms with E-state index in [9.17, 15) is 0 Å². The lowest BCUT2D eigenvalue weighted by atomic mass is 9.48. The first-order chi connectivity index (χ1) is 10.4. The molecule has 22 heavy (non-hydrogen) atoms. The van der Waals surface area contributed by atoms with E-state index >= 15 is 0 Å². The molecule has 0 unspecified atom stereocenters. The molecule has 1 nitrogen and oxygen atoms in total. The Labute approximate surface area is 137 Å². The van der Waals surface area contributed by atoms with E-state index in [-0.39, 0.29) is 0 Å². The van der Waals surface area contributed by atoms with Crippen LogP contribution in [0, 0.1) is 36.6 Å². The van der Waals surface area contributed by atoms with Crippen LogP contribution in [0.4, 0.5) is 0 Å². The zero-order chi connectivity index (χ0) is 16.1. The van der Waals surface area contributed by atoms with Crippen molar-refractivity contribution in [3.05, 3.63) is 29.8 Å². The fourth-order valence-corrected chi connectivity index (χ4v) is 6.10. The predicted octanol–water partition coefficient (Wildman–Crippen LogP) is 4.47. The molecule has 0 aromatic carbocycles. The van der Waals surface area contributed by atoms with E-state index in [4.69, 9.17) is 0 Å². The van der Waals surface area contributed by atoms with Gasteiger partial charge in [0.25, 0.3) is 0 Å². The van der Waals surface area contributed by atoms with Crippen molar-refractivity contribution in [2.75, 3.05) is 0 Å². The highest BCUT2D eigenvalue weighted by Gasteiger charge is 2.57. The van der Waals surface area contributed by atoms with Crippen molar-refractivity contribution in [2.45, 2.75) is 72.3 Å². The number of hydrogen-bond donors (Lipinski definition) is 1. The predicted molar refractivity (Wildman–Crippen MR) is 94.0 cm³/mol. The molecule has 0 amide bonds. The first-order valence-corrected chi connectivity index (χ1v) is 9.42. The summed E-state index contributed by atoms with van der Waals surface area (Å²) in [6, 6.07) is 0. The number of rotatable bonds is 2. The Kier molecular flexibility index (Phi) is 4.31. The molecule has 0 saturated heterocycles. The van der Waals surface area contributed by atoms with Crippen LogP contribution in [0.1, 0.15) is 66.7 Å². The van der Waals surface area contributed by atoms with Gasteiger partial charge in [0.1, 0.15) is 0 Å². The molecule has 0 aromatic heterocycles. The van der Waals surface area contributed by atoms with Gasteiger partial charge in [-0.2, -0.15) is 7.05 Å². The summed E-state index contributed by atoms with van der Waals surface area (Å²) in [4.78, 5) is 0. The van der Waals surface area contributed by atoms with Gasteiger partial charge < -0.3 is 5.32 Å². The van der Waals surface area contributed by atoms with Crippen LogP contribution in [0.5, 0.6) is 0 Å². The smallest absolute Gasteiger partial charge is 0.0818 e. The molecule has 2 N–H and O–H groups in total. The highest BCUT2D eigenvalue weighted by Crippen LogP contribution is 2.57. The lowest BCUT2D eigenvalue weighted by molar-refractivity contribution is -0.699. The number of quaternary nitrogens is 1. The van der Waals surface area contributed by atoms with Gasteiger partial charge in [0, 0.05) is 18.3 Å². The van der Waals surface area contributed by atoms with Crippen molar-refractivity contribution in [2.24, 2.45) is 29.6 Å². The van der Waals surface area contributed by atoms with Gasteiger partial charge >= 0.3 is 0 Å². The number of allylic oxidation sites excluding steroid dienone is 3. The Morgan fingerprint density at radius 3 is 2.55 bits per heavy atom. The van der Waals surface area contributed by atoms with Crippen molar-refractivity contribution in [1.29, 1.82) is 0 Å². The molecule has 124 valence electrons. The summed E-state index contributed by atoms with van der Waals surface area (Å²) in [5.74, 6) is 4.06.